The van der Waals surface area contributed by atoms with E-state index in [0.29, 0.717) is 11.3 Å². The Morgan fingerprint density at radius 2 is 2.14 bits per heavy atom. The highest BCUT2D eigenvalue weighted by molar-refractivity contribution is 7.13. The second kappa shape index (κ2) is 12.1. The first-order chi connectivity index (χ1) is 13.8. The minimum absolute atomic E-state index is 0.00447. The molecule has 1 aromatic rings. The van der Waals surface area contributed by atoms with Gasteiger partial charge in [-0.15, -0.1) is 22.9 Å². The van der Waals surface area contributed by atoms with Crippen molar-refractivity contribution in [1.29, 1.82) is 0 Å². The van der Waals surface area contributed by atoms with Gasteiger partial charge in [0.15, 0.2) is 0 Å². The fourth-order valence-electron chi connectivity index (χ4n) is 4.03. The van der Waals surface area contributed by atoms with E-state index in [-0.39, 0.29) is 29.4 Å². The van der Waals surface area contributed by atoms with E-state index in [1.54, 1.807) is 20.1 Å². The molecule has 1 aliphatic carbocycles. The molecule has 1 unspecified atom stereocenters. The molecule has 0 aromatic carbocycles. The highest BCUT2D eigenvalue weighted by Gasteiger charge is 2.39. The number of halogens is 1. The number of aliphatic hydroxyl groups excluding tert-OH is 2. The van der Waals surface area contributed by atoms with Gasteiger partial charge < -0.3 is 20.1 Å². The Balaban J connectivity index is 1.88. The molecular formula is C22H33ClO5S. The molecule has 1 fully saturated rings. The summed E-state index contributed by atoms with van der Waals surface area (Å²) < 4.78 is 5.52. The monoisotopic (exact) mass is 444 g/mol. The molecule has 0 saturated heterocycles. The smallest absolute Gasteiger partial charge is 0.345 e. The number of thiophene rings is 1. The fraction of sp³-hybridized carbons (Fsp3) is 0.682. The number of aliphatic hydroxyl groups is 2. The maximum absolute atomic E-state index is 11.0. The zero-order valence-corrected chi connectivity index (χ0v) is 18.7. The second-order valence-corrected chi connectivity index (χ2v) is 9.69. The van der Waals surface area contributed by atoms with Gasteiger partial charge in [-0.1, -0.05) is 12.2 Å². The lowest BCUT2D eigenvalue weighted by atomic mass is 9.89. The molecule has 1 heterocycles. The minimum atomic E-state index is -0.882. The molecule has 0 spiro atoms. The Morgan fingerprint density at radius 3 is 2.76 bits per heavy atom. The maximum Gasteiger partial charge on any atom is 0.345 e. The number of alkyl halides is 1. The van der Waals surface area contributed by atoms with Crippen molar-refractivity contribution >= 4 is 28.9 Å². The molecule has 1 aromatic heterocycles. The van der Waals surface area contributed by atoms with Gasteiger partial charge in [-0.05, 0) is 69.9 Å². The fourth-order valence-corrected chi connectivity index (χ4v) is 5.40. The van der Waals surface area contributed by atoms with Crippen LogP contribution < -0.4 is 0 Å². The van der Waals surface area contributed by atoms with Crippen molar-refractivity contribution in [3.8, 4) is 0 Å². The zero-order valence-electron chi connectivity index (χ0n) is 17.2. The van der Waals surface area contributed by atoms with Crippen molar-refractivity contribution in [1.82, 2.24) is 0 Å². The average Bonchev–Trinajstić information content (AvgIpc) is 3.23. The minimum Gasteiger partial charge on any atom is -0.477 e. The normalized spacial score (nSPS) is 26.8. The molecular weight excluding hydrogens is 412 g/mol. The lowest BCUT2D eigenvalue weighted by Crippen LogP contribution is -2.20. The van der Waals surface area contributed by atoms with E-state index in [4.69, 9.17) is 21.4 Å². The zero-order chi connectivity index (χ0) is 21.4. The summed E-state index contributed by atoms with van der Waals surface area (Å²) in [5.74, 6) is -0.686. The SMILES string of the molecule is COC(C=C[C@@H]1[C@@H](CCCc2ccc(C(=O)O)s2)[C@H](Cl)C[C@H]1O)CCC[C@@H](C)O. The van der Waals surface area contributed by atoms with E-state index >= 15 is 0 Å². The van der Waals surface area contributed by atoms with E-state index < -0.39 is 12.1 Å². The molecule has 6 atom stereocenters. The predicted molar refractivity (Wildman–Crippen MR) is 117 cm³/mol. The number of hydrogen-bond acceptors (Lipinski definition) is 5. The first-order valence-electron chi connectivity index (χ1n) is 10.3. The molecule has 164 valence electrons. The Bertz CT molecular complexity index is 659. The summed E-state index contributed by atoms with van der Waals surface area (Å²) in [6.45, 7) is 1.79. The van der Waals surface area contributed by atoms with E-state index in [2.05, 4.69) is 6.08 Å². The number of carboxylic acids is 1. The van der Waals surface area contributed by atoms with Crippen molar-refractivity contribution in [2.24, 2.45) is 11.8 Å². The average molecular weight is 445 g/mol. The van der Waals surface area contributed by atoms with Gasteiger partial charge in [-0.2, -0.15) is 0 Å². The van der Waals surface area contributed by atoms with Crippen LogP contribution in [0.5, 0.6) is 0 Å². The molecule has 0 aliphatic heterocycles. The molecule has 0 radical (unpaired) electrons. The van der Waals surface area contributed by atoms with Gasteiger partial charge in [-0.25, -0.2) is 4.79 Å². The number of methoxy groups -OCH3 is 1. The molecule has 29 heavy (non-hydrogen) atoms. The number of rotatable bonds is 12. The third kappa shape index (κ3) is 7.68. The predicted octanol–water partition coefficient (Wildman–Crippen LogP) is 4.50. The van der Waals surface area contributed by atoms with Crippen molar-refractivity contribution in [3.63, 3.8) is 0 Å². The Labute approximate surface area is 182 Å². The van der Waals surface area contributed by atoms with E-state index in [9.17, 15) is 15.0 Å². The molecule has 0 bridgehead atoms. The molecule has 7 heteroatoms. The van der Waals surface area contributed by atoms with Gasteiger partial charge in [0.1, 0.15) is 4.88 Å². The third-order valence-electron chi connectivity index (χ3n) is 5.66. The van der Waals surface area contributed by atoms with Crippen LogP contribution >= 0.6 is 22.9 Å². The lowest BCUT2D eigenvalue weighted by molar-refractivity contribution is 0.0702. The lowest BCUT2D eigenvalue weighted by Gasteiger charge is -2.21. The highest BCUT2D eigenvalue weighted by Crippen LogP contribution is 2.40. The number of hydrogen-bond donors (Lipinski definition) is 3. The maximum atomic E-state index is 11.0. The van der Waals surface area contributed by atoms with E-state index in [1.165, 1.54) is 11.3 Å². The number of aromatic carboxylic acids is 1. The quantitative estimate of drug-likeness (QED) is 0.326. The summed E-state index contributed by atoms with van der Waals surface area (Å²) in [5.41, 5.74) is 0. The standard InChI is InChI=1S/C22H33ClO5S/c1-14(24)5-3-6-15(28-2)9-11-18-17(19(23)13-20(18)25)8-4-7-16-10-12-21(29-16)22(26)27/h9-12,14-15,17-20,24-25H,3-8,13H2,1-2H3,(H,26,27)/t14-,15?,17-,18-,19-,20-/m1/s1. The van der Waals surface area contributed by atoms with E-state index in [1.807, 2.05) is 12.1 Å². The van der Waals surface area contributed by atoms with Gasteiger partial charge in [0, 0.05) is 23.3 Å². The van der Waals surface area contributed by atoms with Gasteiger partial charge in [0.05, 0.1) is 18.3 Å². The summed E-state index contributed by atoms with van der Waals surface area (Å²) in [4.78, 5) is 12.4. The topological polar surface area (TPSA) is 87.0 Å². The summed E-state index contributed by atoms with van der Waals surface area (Å²) in [6, 6.07) is 3.53. The van der Waals surface area contributed by atoms with Crippen LogP contribution in [0.2, 0.25) is 0 Å². The molecule has 3 N–H and O–H groups in total. The number of carbonyl (C=O) groups is 1. The molecule has 5 nitrogen and oxygen atoms in total. The highest BCUT2D eigenvalue weighted by atomic mass is 35.5. The van der Waals surface area contributed by atoms with Gasteiger partial charge in [0.25, 0.3) is 0 Å². The van der Waals surface area contributed by atoms with Crippen LogP contribution in [0.3, 0.4) is 0 Å². The van der Waals surface area contributed by atoms with Crippen molar-refractivity contribution in [3.05, 3.63) is 34.0 Å². The molecule has 1 aliphatic rings. The van der Waals surface area contributed by atoms with Crippen molar-refractivity contribution < 1.29 is 24.9 Å². The Morgan fingerprint density at radius 1 is 1.38 bits per heavy atom. The number of aryl methyl sites for hydroxylation is 1. The van der Waals surface area contributed by atoms with Crippen LogP contribution in [0.15, 0.2) is 24.3 Å². The second-order valence-electron chi connectivity index (χ2n) is 7.96. The van der Waals surface area contributed by atoms with Crippen LogP contribution in [0.1, 0.15) is 60.0 Å². The van der Waals surface area contributed by atoms with Crippen molar-refractivity contribution in [2.75, 3.05) is 7.11 Å². The summed E-state index contributed by atoms with van der Waals surface area (Å²) >= 11 is 7.86. The summed E-state index contributed by atoms with van der Waals surface area (Å²) in [7, 11) is 1.68. The van der Waals surface area contributed by atoms with Crippen molar-refractivity contribution in [2.45, 2.75) is 75.6 Å². The summed E-state index contributed by atoms with van der Waals surface area (Å²) in [5, 5.41) is 28.8. The number of carboxylic acid groups (broad SMARTS) is 1. The largest absolute Gasteiger partial charge is 0.477 e. The van der Waals surface area contributed by atoms with Gasteiger partial charge >= 0.3 is 5.97 Å². The third-order valence-corrected chi connectivity index (χ3v) is 7.30. The first-order valence-corrected chi connectivity index (χ1v) is 11.6. The van der Waals surface area contributed by atoms with Crippen LogP contribution in [0.25, 0.3) is 0 Å². The van der Waals surface area contributed by atoms with Crippen LogP contribution in [-0.4, -0.2) is 52.1 Å². The molecule has 2 rings (SSSR count). The Kier molecular flexibility index (Phi) is 10.1. The molecule has 0 amide bonds. The molecule has 1 saturated carbocycles. The van der Waals surface area contributed by atoms with Crippen LogP contribution in [-0.2, 0) is 11.2 Å². The van der Waals surface area contributed by atoms with Gasteiger partial charge in [0.2, 0.25) is 0 Å². The van der Waals surface area contributed by atoms with E-state index in [0.717, 1.165) is 43.4 Å². The first kappa shape index (κ1) is 24.4. The Hall–Kier alpha value is -0.920. The van der Waals surface area contributed by atoms with Crippen LogP contribution in [0, 0.1) is 11.8 Å². The summed E-state index contributed by atoms with van der Waals surface area (Å²) in [6.07, 6.45) is 8.97. The van der Waals surface area contributed by atoms with Crippen LogP contribution in [0.4, 0.5) is 0 Å². The van der Waals surface area contributed by atoms with Gasteiger partial charge in [-0.3, -0.25) is 0 Å². The number of ether oxygens (including phenoxy) is 1.